The molecule has 0 aliphatic carbocycles. The van der Waals surface area contributed by atoms with Gasteiger partial charge in [-0.25, -0.2) is 8.42 Å². The Bertz CT molecular complexity index is 895. The minimum Gasteiger partial charge on any atom is -0.262 e. The van der Waals surface area contributed by atoms with Gasteiger partial charge in [-0.1, -0.05) is 64.5 Å². The van der Waals surface area contributed by atoms with Gasteiger partial charge in [0.15, 0.2) is 0 Å². The Morgan fingerprint density at radius 2 is 1.29 bits per heavy atom. The van der Waals surface area contributed by atoms with E-state index >= 15 is 0 Å². The van der Waals surface area contributed by atoms with Gasteiger partial charge in [-0.2, -0.15) is 0 Å². The topological polar surface area (TPSA) is 37.4 Å². The van der Waals surface area contributed by atoms with Crippen molar-refractivity contribution < 1.29 is 8.42 Å². The first-order valence-electron chi connectivity index (χ1n) is 7.45. The molecule has 3 aromatic rings. The molecule has 0 saturated heterocycles. The van der Waals surface area contributed by atoms with Gasteiger partial charge in [-0.15, -0.1) is 0 Å². The zero-order valence-corrected chi connectivity index (χ0v) is 15.2. The van der Waals surface area contributed by atoms with E-state index in [1.54, 1.807) is 42.5 Å². The Balaban J connectivity index is 2.04. The van der Waals surface area contributed by atoms with Gasteiger partial charge in [0.1, 0.15) is 0 Å². The van der Waals surface area contributed by atoms with Gasteiger partial charge >= 0.3 is 0 Å². The molecule has 0 aromatic heterocycles. The van der Waals surface area contributed by atoms with E-state index in [-0.39, 0.29) is 11.4 Å². The fourth-order valence-electron chi connectivity index (χ4n) is 2.38. The van der Waals surface area contributed by atoms with Crippen molar-refractivity contribution in [1.82, 2.24) is 0 Å². The van der Waals surface area contributed by atoms with E-state index in [0.717, 1.165) is 10.0 Å². The van der Waals surface area contributed by atoms with Crippen LogP contribution in [0.3, 0.4) is 0 Å². The van der Waals surface area contributed by atoms with Gasteiger partial charge in [-0.3, -0.25) is 4.31 Å². The number of hydrogen-bond donors (Lipinski definition) is 0. The number of rotatable bonds is 5. The number of sulfonamides is 1. The summed E-state index contributed by atoms with van der Waals surface area (Å²) in [7, 11) is -3.64. The molecule has 24 heavy (non-hydrogen) atoms. The lowest BCUT2D eigenvalue weighted by atomic mass is 10.2. The molecule has 0 amide bonds. The number of benzene rings is 3. The Morgan fingerprint density at radius 3 is 1.88 bits per heavy atom. The molecule has 0 spiro atoms. The van der Waals surface area contributed by atoms with Gasteiger partial charge in [0.05, 0.1) is 17.1 Å². The number of halogens is 1. The molecule has 0 aliphatic heterocycles. The van der Waals surface area contributed by atoms with Crippen molar-refractivity contribution in [2.75, 3.05) is 4.31 Å². The molecule has 0 saturated carbocycles. The summed E-state index contributed by atoms with van der Waals surface area (Å²) in [6.45, 7) is 0.272. The van der Waals surface area contributed by atoms with E-state index in [4.69, 9.17) is 0 Å². The van der Waals surface area contributed by atoms with Crippen LogP contribution >= 0.6 is 15.9 Å². The highest BCUT2D eigenvalue weighted by Gasteiger charge is 2.24. The molecule has 0 heterocycles. The number of nitrogens with zero attached hydrogens (tertiary/aromatic N) is 1. The zero-order chi connectivity index (χ0) is 17.0. The third kappa shape index (κ3) is 3.68. The molecular weight excluding hydrogens is 386 g/mol. The summed E-state index contributed by atoms with van der Waals surface area (Å²) in [6, 6.07) is 25.3. The molecule has 0 bridgehead atoms. The maximum absolute atomic E-state index is 13.1. The van der Waals surface area contributed by atoms with Crippen LogP contribution in [0.2, 0.25) is 0 Å². The predicted octanol–water partition coefficient (Wildman–Crippen LogP) is 4.84. The molecule has 3 aromatic carbocycles. The van der Waals surface area contributed by atoms with Crippen LogP contribution in [0.1, 0.15) is 5.56 Å². The van der Waals surface area contributed by atoms with Gasteiger partial charge < -0.3 is 0 Å². The van der Waals surface area contributed by atoms with Crippen molar-refractivity contribution in [1.29, 1.82) is 0 Å². The minimum atomic E-state index is -3.64. The summed E-state index contributed by atoms with van der Waals surface area (Å²) in [6.07, 6.45) is 0. The zero-order valence-electron chi connectivity index (χ0n) is 12.8. The Kier molecular flexibility index (Phi) is 5.02. The second kappa shape index (κ2) is 7.20. The molecule has 0 radical (unpaired) electrons. The molecular formula is C19H16BrNO2S. The van der Waals surface area contributed by atoms with Crippen LogP contribution in [0.5, 0.6) is 0 Å². The third-order valence-electron chi connectivity index (χ3n) is 3.61. The van der Waals surface area contributed by atoms with Crippen molar-refractivity contribution >= 4 is 31.6 Å². The number of anilines is 1. The average molecular weight is 402 g/mol. The highest BCUT2D eigenvalue weighted by atomic mass is 79.9. The van der Waals surface area contributed by atoms with Gasteiger partial charge in [0.25, 0.3) is 10.0 Å². The molecule has 5 heteroatoms. The lowest BCUT2D eigenvalue weighted by molar-refractivity contribution is 0.590. The summed E-state index contributed by atoms with van der Waals surface area (Å²) in [4.78, 5) is 0.283. The van der Waals surface area contributed by atoms with E-state index in [1.165, 1.54) is 4.31 Å². The van der Waals surface area contributed by atoms with Crippen molar-refractivity contribution in [3.8, 4) is 0 Å². The van der Waals surface area contributed by atoms with Crippen LogP contribution in [0.15, 0.2) is 94.3 Å². The summed E-state index contributed by atoms with van der Waals surface area (Å²) < 4.78 is 28.6. The largest absolute Gasteiger partial charge is 0.264 e. The molecule has 0 N–H and O–H groups in total. The first-order chi connectivity index (χ1) is 11.6. The van der Waals surface area contributed by atoms with Crippen LogP contribution < -0.4 is 4.31 Å². The minimum absolute atomic E-state index is 0.272. The summed E-state index contributed by atoms with van der Waals surface area (Å²) >= 11 is 3.40. The fraction of sp³-hybridized carbons (Fsp3) is 0.0526. The van der Waals surface area contributed by atoms with Crippen molar-refractivity contribution in [3.05, 3.63) is 95.0 Å². The number of para-hydroxylation sites is 1. The maximum atomic E-state index is 13.1. The number of hydrogen-bond acceptors (Lipinski definition) is 2. The van der Waals surface area contributed by atoms with Crippen molar-refractivity contribution in [3.63, 3.8) is 0 Å². The maximum Gasteiger partial charge on any atom is 0.264 e. The van der Waals surface area contributed by atoms with Gasteiger partial charge in [0.2, 0.25) is 0 Å². The predicted molar refractivity (Wildman–Crippen MR) is 100 cm³/mol. The summed E-state index contributed by atoms with van der Waals surface area (Å²) in [5.74, 6) is 0. The SMILES string of the molecule is O=S(=O)(c1ccccc1)N(Cc1ccc(Br)cc1)c1ccccc1. The van der Waals surface area contributed by atoms with E-state index < -0.39 is 10.0 Å². The highest BCUT2D eigenvalue weighted by molar-refractivity contribution is 9.10. The lowest BCUT2D eigenvalue weighted by Gasteiger charge is -2.24. The molecule has 0 atom stereocenters. The van der Waals surface area contributed by atoms with Crippen LogP contribution in [-0.2, 0) is 16.6 Å². The average Bonchev–Trinajstić information content (AvgIpc) is 2.62. The fourth-order valence-corrected chi connectivity index (χ4v) is 4.12. The van der Waals surface area contributed by atoms with Crippen molar-refractivity contribution in [2.45, 2.75) is 11.4 Å². The molecule has 0 fully saturated rings. The molecule has 0 unspecified atom stereocenters. The molecule has 3 nitrogen and oxygen atoms in total. The molecule has 3 rings (SSSR count). The summed E-state index contributed by atoms with van der Waals surface area (Å²) in [5, 5.41) is 0. The monoisotopic (exact) mass is 401 g/mol. The smallest absolute Gasteiger partial charge is 0.262 e. The first kappa shape index (κ1) is 16.7. The van der Waals surface area contributed by atoms with Crippen LogP contribution in [0.4, 0.5) is 5.69 Å². The van der Waals surface area contributed by atoms with E-state index in [0.29, 0.717) is 5.69 Å². The second-order valence-corrected chi connectivity index (χ2v) is 8.06. The third-order valence-corrected chi connectivity index (χ3v) is 5.93. The van der Waals surface area contributed by atoms with E-state index in [2.05, 4.69) is 15.9 Å². The van der Waals surface area contributed by atoms with Crippen molar-refractivity contribution in [2.24, 2.45) is 0 Å². The Labute approximate surface area is 150 Å². The Hall–Kier alpha value is -2.11. The standard InChI is InChI=1S/C19H16BrNO2S/c20-17-13-11-16(12-14-17)15-21(18-7-3-1-4-8-18)24(22,23)19-9-5-2-6-10-19/h1-14H,15H2. The van der Waals surface area contributed by atoms with E-state index in [9.17, 15) is 8.42 Å². The van der Waals surface area contributed by atoms with Crippen LogP contribution in [0, 0.1) is 0 Å². The normalized spacial score (nSPS) is 11.2. The van der Waals surface area contributed by atoms with Gasteiger partial charge in [-0.05, 0) is 42.0 Å². The van der Waals surface area contributed by atoms with Crippen LogP contribution in [0.25, 0.3) is 0 Å². The first-order valence-corrected chi connectivity index (χ1v) is 9.68. The van der Waals surface area contributed by atoms with Crippen LogP contribution in [-0.4, -0.2) is 8.42 Å². The molecule has 122 valence electrons. The van der Waals surface area contributed by atoms with Gasteiger partial charge in [0, 0.05) is 4.47 Å². The van der Waals surface area contributed by atoms with E-state index in [1.807, 2.05) is 42.5 Å². The summed E-state index contributed by atoms with van der Waals surface area (Å²) in [5.41, 5.74) is 1.56. The lowest BCUT2D eigenvalue weighted by Crippen LogP contribution is -2.30. The second-order valence-electron chi connectivity index (χ2n) is 5.29. The quantitative estimate of drug-likeness (QED) is 0.612. The molecule has 0 aliphatic rings. The Morgan fingerprint density at radius 1 is 0.750 bits per heavy atom. The highest BCUT2D eigenvalue weighted by Crippen LogP contribution is 2.26.